The van der Waals surface area contributed by atoms with E-state index in [-0.39, 0.29) is 5.91 Å². The van der Waals surface area contributed by atoms with Crippen LogP contribution in [0.1, 0.15) is 34.8 Å². The predicted octanol–water partition coefficient (Wildman–Crippen LogP) is 2.98. The molecule has 23 heavy (non-hydrogen) atoms. The molecule has 4 heterocycles. The molecule has 5 heteroatoms. The minimum absolute atomic E-state index is 0.0667. The highest BCUT2D eigenvalue weighted by Gasteiger charge is 2.26. The molecule has 0 bridgehead atoms. The fourth-order valence-corrected chi connectivity index (χ4v) is 3.29. The van der Waals surface area contributed by atoms with Gasteiger partial charge in [0, 0.05) is 48.7 Å². The summed E-state index contributed by atoms with van der Waals surface area (Å²) in [6.07, 6.45) is 7.22. The van der Waals surface area contributed by atoms with Crippen molar-refractivity contribution in [1.29, 1.82) is 0 Å². The topological polar surface area (TPSA) is 61.9 Å². The molecule has 0 aliphatic carbocycles. The van der Waals surface area contributed by atoms with Crippen molar-refractivity contribution >= 4 is 16.9 Å². The molecule has 1 atom stereocenters. The highest BCUT2D eigenvalue weighted by Crippen LogP contribution is 2.29. The Balaban J connectivity index is 1.56. The van der Waals surface area contributed by atoms with Crippen molar-refractivity contribution in [2.45, 2.75) is 18.8 Å². The molecule has 0 radical (unpaired) electrons. The van der Waals surface area contributed by atoms with Crippen molar-refractivity contribution in [1.82, 2.24) is 19.9 Å². The number of carbonyl (C=O) groups is 1. The summed E-state index contributed by atoms with van der Waals surface area (Å²) in [7, 11) is 0. The van der Waals surface area contributed by atoms with Crippen LogP contribution < -0.4 is 0 Å². The molecule has 1 N–H and O–H groups in total. The monoisotopic (exact) mass is 306 g/mol. The number of carbonyl (C=O) groups excluding carboxylic acids is 1. The Labute approximate surface area is 134 Å². The number of nitrogens with zero attached hydrogens (tertiary/aromatic N) is 3. The van der Waals surface area contributed by atoms with Gasteiger partial charge in [0.15, 0.2) is 0 Å². The van der Waals surface area contributed by atoms with E-state index in [1.54, 1.807) is 24.7 Å². The quantitative estimate of drug-likeness (QED) is 0.791. The van der Waals surface area contributed by atoms with Gasteiger partial charge in [-0.15, -0.1) is 0 Å². The molecule has 1 aliphatic rings. The number of hydrogen-bond acceptors (Lipinski definition) is 3. The van der Waals surface area contributed by atoms with E-state index in [0.29, 0.717) is 11.5 Å². The second-order valence-corrected chi connectivity index (χ2v) is 6.00. The number of hydrogen-bond donors (Lipinski definition) is 1. The lowest BCUT2D eigenvalue weighted by atomic mass is 9.94. The van der Waals surface area contributed by atoms with Crippen LogP contribution in [0.15, 0.2) is 48.9 Å². The fourth-order valence-electron chi connectivity index (χ4n) is 3.29. The van der Waals surface area contributed by atoms with Gasteiger partial charge in [0.2, 0.25) is 0 Å². The first kappa shape index (κ1) is 13.9. The van der Waals surface area contributed by atoms with Crippen molar-refractivity contribution in [3.63, 3.8) is 0 Å². The minimum Gasteiger partial charge on any atom is -0.343 e. The Hall–Kier alpha value is -2.69. The van der Waals surface area contributed by atoms with Gasteiger partial charge >= 0.3 is 0 Å². The molecule has 0 aromatic carbocycles. The van der Waals surface area contributed by atoms with Crippen molar-refractivity contribution in [2.75, 3.05) is 13.1 Å². The van der Waals surface area contributed by atoms with Crippen molar-refractivity contribution in [3.05, 3.63) is 60.2 Å². The average Bonchev–Trinajstić information content (AvgIpc) is 3.06. The molecule has 0 unspecified atom stereocenters. The number of amides is 1. The van der Waals surface area contributed by atoms with E-state index < -0.39 is 0 Å². The number of pyridine rings is 2. The first-order chi connectivity index (χ1) is 11.3. The smallest absolute Gasteiger partial charge is 0.255 e. The number of rotatable bonds is 2. The summed E-state index contributed by atoms with van der Waals surface area (Å²) in [6, 6.07) is 9.79. The molecule has 5 nitrogen and oxygen atoms in total. The lowest BCUT2D eigenvalue weighted by molar-refractivity contribution is 0.0705. The van der Waals surface area contributed by atoms with Crippen LogP contribution in [0.3, 0.4) is 0 Å². The van der Waals surface area contributed by atoms with Crippen molar-refractivity contribution in [2.24, 2.45) is 0 Å². The lowest BCUT2D eigenvalue weighted by Gasteiger charge is -2.32. The second-order valence-electron chi connectivity index (χ2n) is 6.00. The zero-order valence-electron chi connectivity index (χ0n) is 12.8. The Bertz CT molecular complexity index is 794. The number of fused-ring (bicyclic) bond motifs is 1. The number of H-pyrrole nitrogens is 1. The maximum Gasteiger partial charge on any atom is 0.255 e. The first-order valence-electron chi connectivity index (χ1n) is 7.94. The lowest BCUT2D eigenvalue weighted by Crippen LogP contribution is -2.39. The maximum atomic E-state index is 12.6. The molecular formula is C18H18N4O. The van der Waals surface area contributed by atoms with E-state index in [1.165, 1.54) is 5.69 Å². The van der Waals surface area contributed by atoms with E-state index in [4.69, 9.17) is 0 Å². The number of nitrogens with one attached hydrogen (secondary N) is 1. The second kappa shape index (κ2) is 5.83. The summed E-state index contributed by atoms with van der Waals surface area (Å²) in [5.41, 5.74) is 2.74. The Kier molecular flexibility index (Phi) is 3.54. The van der Waals surface area contributed by atoms with E-state index >= 15 is 0 Å². The normalized spacial score (nSPS) is 18.3. The van der Waals surface area contributed by atoms with E-state index in [2.05, 4.69) is 27.1 Å². The van der Waals surface area contributed by atoms with Gasteiger partial charge in [-0.05, 0) is 43.2 Å². The summed E-state index contributed by atoms with van der Waals surface area (Å²) in [5, 5.41) is 1.12. The molecular weight excluding hydrogens is 288 g/mol. The number of piperidine rings is 1. The van der Waals surface area contributed by atoms with Gasteiger partial charge in [-0.1, -0.05) is 0 Å². The number of aromatic nitrogens is 3. The van der Waals surface area contributed by atoms with Crippen molar-refractivity contribution in [3.8, 4) is 0 Å². The van der Waals surface area contributed by atoms with Crippen LogP contribution in [0, 0.1) is 0 Å². The van der Waals surface area contributed by atoms with E-state index in [0.717, 1.165) is 37.0 Å². The molecule has 4 rings (SSSR count). The Morgan fingerprint density at radius 1 is 1.26 bits per heavy atom. The molecule has 3 aromatic heterocycles. The predicted molar refractivity (Wildman–Crippen MR) is 88.2 cm³/mol. The zero-order valence-corrected chi connectivity index (χ0v) is 12.8. The van der Waals surface area contributed by atoms with Crippen LogP contribution in [-0.4, -0.2) is 38.8 Å². The van der Waals surface area contributed by atoms with Crippen molar-refractivity contribution < 1.29 is 4.79 Å². The molecule has 1 saturated heterocycles. The summed E-state index contributed by atoms with van der Waals surface area (Å²) >= 11 is 0. The van der Waals surface area contributed by atoms with E-state index in [1.807, 2.05) is 17.0 Å². The highest BCUT2D eigenvalue weighted by atomic mass is 16.2. The molecule has 1 amide bonds. The Morgan fingerprint density at radius 3 is 3.00 bits per heavy atom. The van der Waals surface area contributed by atoms with Gasteiger partial charge in [0.05, 0.1) is 5.56 Å². The third-order valence-electron chi connectivity index (χ3n) is 4.47. The highest BCUT2D eigenvalue weighted by molar-refractivity contribution is 5.94. The molecule has 1 aliphatic heterocycles. The fraction of sp³-hybridized carbons (Fsp3) is 0.278. The molecule has 116 valence electrons. The number of likely N-dealkylation sites (tertiary alicyclic amines) is 1. The third kappa shape index (κ3) is 2.70. The van der Waals surface area contributed by atoms with Crippen LogP contribution in [0.25, 0.3) is 11.0 Å². The first-order valence-corrected chi connectivity index (χ1v) is 7.94. The molecule has 1 fully saturated rings. The van der Waals surface area contributed by atoms with Gasteiger partial charge < -0.3 is 9.88 Å². The van der Waals surface area contributed by atoms with Crippen LogP contribution in [-0.2, 0) is 0 Å². The van der Waals surface area contributed by atoms with E-state index in [9.17, 15) is 4.79 Å². The zero-order chi connectivity index (χ0) is 15.6. The summed E-state index contributed by atoms with van der Waals surface area (Å²) in [5.74, 6) is 0.399. The average molecular weight is 306 g/mol. The molecule has 0 saturated carbocycles. The number of aromatic amines is 1. The molecule has 3 aromatic rings. The van der Waals surface area contributed by atoms with Gasteiger partial charge in [-0.2, -0.15) is 0 Å². The van der Waals surface area contributed by atoms with Gasteiger partial charge in [0.1, 0.15) is 5.65 Å². The molecule has 0 spiro atoms. The maximum absolute atomic E-state index is 12.6. The van der Waals surface area contributed by atoms with Crippen LogP contribution >= 0.6 is 0 Å². The summed E-state index contributed by atoms with van der Waals surface area (Å²) in [4.78, 5) is 26.3. The third-order valence-corrected chi connectivity index (χ3v) is 4.47. The minimum atomic E-state index is 0.0667. The summed E-state index contributed by atoms with van der Waals surface area (Å²) in [6.45, 7) is 1.54. The van der Waals surface area contributed by atoms with Crippen LogP contribution in [0.2, 0.25) is 0 Å². The van der Waals surface area contributed by atoms with Crippen LogP contribution in [0.5, 0.6) is 0 Å². The SMILES string of the molecule is O=C(c1cccnc1)N1CCC[C@@H](c2cc3cccnc3[nH]2)C1. The standard InChI is InChI=1S/C18H18N4O/c23-18(14-5-1-7-19-11-14)22-9-3-6-15(12-22)16-10-13-4-2-8-20-17(13)21-16/h1-2,4-5,7-8,10-11,15H,3,6,9,12H2,(H,20,21)/t15-/m1/s1. The van der Waals surface area contributed by atoms with Gasteiger partial charge in [-0.25, -0.2) is 4.98 Å². The largest absolute Gasteiger partial charge is 0.343 e. The van der Waals surface area contributed by atoms with Gasteiger partial charge in [0.25, 0.3) is 5.91 Å². The van der Waals surface area contributed by atoms with Crippen LogP contribution in [0.4, 0.5) is 0 Å². The summed E-state index contributed by atoms with van der Waals surface area (Å²) < 4.78 is 0. The van der Waals surface area contributed by atoms with Gasteiger partial charge in [-0.3, -0.25) is 9.78 Å². The Morgan fingerprint density at radius 2 is 2.17 bits per heavy atom.